The van der Waals surface area contributed by atoms with E-state index in [2.05, 4.69) is 5.32 Å². The number of nitrogens with zero attached hydrogens (tertiary/aromatic N) is 1. The second-order valence-corrected chi connectivity index (χ2v) is 4.89. The Bertz CT molecular complexity index is 470. The summed E-state index contributed by atoms with van der Waals surface area (Å²) in [5, 5.41) is 2.95. The lowest BCUT2D eigenvalue weighted by molar-refractivity contribution is 0.174. The van der Waals surface area contributed by atoms with Crippen molar-refractivity contribution in [2.45, 2.75) is 25.8 Å². The number of hydrogen-bond acceptors (Lipinski definition) is 3. The second kappa shape index (κ2) is 5.38. The Morgan fingerprint density at radius 1 is 1.16 bits per heavy atom. The minimum absolute atomic E-state index is 0.0253. The van der Waals surface area contributed by atoms with E-state index in [1.54, 1.807) is 0 Å². The van der Waals surface area contributed by atoms with Gasteiger partial charge in [0.15, 0.2) is 11.5 Å². The Labute approximate surface area is 112 Å². The fraction of sp³-hybridized carbons (Fsp3) is 0.500. The van der Waals surface area contributed by atoms with E-state index < -0.39 is 0 Å². The lowest BCUT2D eigenvalue weighted by atomic mass is 10.1. The predicted octanol–water partition coefficient (Wildman–Crippen LogP) is 2.11. The van der Waals surface area contributed by atoms with Gasteiger partial charge in [0.25, 0.3) is 0 Å². The van der Waals surface area contributed by atoms with Crippen molar-refractivity contribution in [3.05, 3.63) is 23.8 Å². The van der Waals surface area contributed by atoms with Gasteiger partial charge in [0, 0.05) is 19.6 Å². The zero-order chi connectivity index (χ0) is 13.1. The number of urea groups is 1. The van der Waals surface area contributed by atoms with Crippen LogP contribution in [0, 0.1) is 0 Å². The van der Waals surface area contributed by atoms with Crippen LogP contribution in [-0.2, 0) is 6.54 Å². The molecule has 2 aliphatic rings. The molecule has 5 nitrogen and oxygen atoms in total. The Balaban J connectivity index is 1.55. The van der Waals surface area contributed by atoms with Crippen molar-refractivity contribution in [3.8, 4) is 11.5 Å². The van der Waals surface area contributed by atoms with Gasteiger partial charge >= 0.3 is 6.03 Å². The number of likely N-dealkylation sites (tertiary alicyclic amines) is 1. The molecule has 3 rings (SSSR count). The van der Waals surface area contributed by atoms with Gasteiger partial charge in [-0.3, -0.25) is 0 Å². The Hall–Kier alpha value is -1.91. The van der Waals surface area contributed by atoms with Crippen molar-refractivity contribution < 1.29 is 14.3 Å². The molecule has 0 aliphatic carbocycles. The highest BCUT2D eigenvalue weighted by atomic mass is 16.7. The van der Waals surface area contributed by atoms with E-state index in [1.807, 2.05) is 23.1 Å². The van der Waals surface area contributed by atoms with Crippen LogP contribution in [0.5, 0.6) is 11.5 Å². The van der Waals surface area contributed by atoms with Crippen LogP contribution in [0.4, 0.5) is 4.79 Å². The number of nitrogens with one attached hydrogen (secondary N) is 1. The number of hydrogen-bond donors (Lipinski definition) is 1. The van der Waals surface area contributed by atoms with Gasteiger partial charge in [-0.25, -0.2) is 4.79 Å². The summed E-state index contributed by atoms with van der Waals surface area (Å²) in [5.74, 6) is 1.52. The van der Waals surface area contributed by atoms with Crippen LogP contribution in [0.25, 0.3) is 0 Å². The summed E-state index contributed by atoms with van der Waals surface area (Å²) in [6, 6.07) is 5.77. The van der Waals surface area contributed by atoms with Crippen LogP contribution in [0.1, 0.15) is 24.8 Å². The predicted molar refractivity (Wildman–Crippen MR) is 70.2 cm³/mol. The van der Waals surface area contributed by atoms with Crippen LogP contribution in [0.3, 0.4) is 0 Å². The zero-order valence-electron chi connectivity index (χ0n) is 10.9. The van der Waals surface area contributed by atoms with Crippen LogP contribution in [-0.4, -0.2) is 30.8 Å². The van der Waals surface area contributed by atoms with Crippen LogP contribution < -0.4 is 14.8 Å². The van der Waals surface area contributed by atoms with E-state index in [-0.39, 0.29) is 12.8 Å². The summed E-state index contributed by atoms with van der Waals surface area (Å²) in [5.41, 5.74) is 1.02. The number of fused-ring (bicyclic) bond motifs is 1. The monoisotopic (exact) mass is 262 g/mol. The summed E-state index contributed by atoms with van der Waals surface area (Å²) < 4.78 is 10.6. The molecule has 0 spiro atoms. The molecule has 1 N–H and O–H groups in total. The Morgan fingerprint density at radius 2 is 1.95 bits per heavy atom. The molecular weight excluding hydrogens is 244 g/mol. The van der Waals surface area contributed by atoms with Gasteiger partial charge in [-0.2, -0.15) is 0 Å². The molecule has 1 fully saturated rings. The molecule has 102 valence electrons. The van der Waals surface area contributed by atoms with Gasteiger partial charge in [-0.15, -0.1) is 0 Å². The van der Waals surface area contributed by atoms with Crippen molar-refractivity contribution in [2.75, 3.05) is 19.9 Å². The molecule has 1 aromatic rings. The van der Waals surface area contributed by atoms with E-state index in [9.17, 15) is 4.79 Å². The minimum atomic E-state index is 0.0253. The quantitative estimate of drug-likeness (QED) is 0.888. The maximum Gasteiger partial charge on any atom is 0.317 e. The molecule has 0 radical (unpaired) electrons. The summed E-state index contributed by atoms with van der Waals surface area (Å²) in [6.45, 7) is 2.53. The van der Waals surface area contributed by atoms with Crippen molar-refractivity contribution in [1.82, 2.24) is 10.2 Å². The molecule has 0 bridgehead atoms. The maximum absolute atomic E-state index is 12.0. The molecule has 0 aromatic heterocycles. The molecule has 0 atom stereocenters. The average molecular weight is 262 g/mol. The normalized spacial score (nSPS) is 17.4. The van der Waals surface area contributed by atoms with E-state index >= 15 is 0 Å². The fourth-order valence-electron chi connectivity index (χ4n) is 2.44. The van der Waals surface area contributed by atoms with Crippen LogP contribution in [0.2, 0.25) is 0 Å². The number of amides is 2. The third-order valence-electron chi connectivity index (χ3n) is 3.52. The Kier molecular flexibility index (Phi) is 3.44. The first kappa shape index (κ1) is 12.1. The third kappa shape index (κ3) is 2.75. The van der Waals surface area contributed by atoms with E-state index in [4.69, 9.17) is 9.47 Å². The standard InChI is InChI=1S/C14H18N2O3/c17-14(16-6-2-1-3-7-16)15-9-11-4-5-12-13(8-11)19-10-18-12/h4-5,8H,1-3,6-7,9-10H2,(H,15,17). The van der Waals surface area contributed by atoms with Gasteiger partial charge in [0.1, 0.15) is 0 Å². The largest absolute Gasteiger partial charge is 0.454 e. The van der Waals surface area contributed by atoms with Crippen molar-refractivity contribution >= 4 is 6.03 Å². The topological polar surface area (TPSA) is 50.8 Å². The fourth-order valence-corrected chi connectivity index (χ4v) is 2.44. The average Bonchev–Trinajstić information content (AvgIpc) is 2.93. The van der Waals surface area contributed by atoms with Gasteiger partial charge < -0.3 is 19.7 Å². The molecule has 0 saturated carbocycles. The molecule has 1 saturated heterocycles. The molecule has 2 amide bonds. The molecule has 19 heavy (non-hydrogen) atoms. The van der Waals surface area contributed by atoms with Crippen molar-refractivity contribution in [3.63, 3.8) is 0 Å². The molecule has 1 aromatic carbocycles. The highest BCUT2D eigenvalue weighted by Gasteiger charge is 2.17. The first-order valence-electron chi connectivity index (χ1n) is 6.74. The summed E-state index contributed by atoms with van der Waals surface area (Å²) in [7, 11) is 0. The highest BCUT2D eigenvalue weighted by Crippen LogP contribution is 2.32. The SMILES string of the molecule is O=C(NCc1ccc2c(c1)OCO2)N1CCCCC1. The highest BCUT2D eigenvalue weighted by molar-refractivity contribution is 5.74. The molecule has 5 heteroatoms. The zero-order valence-corrected chi connectivity index (χ0v) is 10.9. The van der Waals surface area contributed by atoms with Crippen LogP contribution in [0.15, 0.2) is 18.2 Å². The maximum atomic E-state index is 12.0. The number of piperidine rings is 1. The smallest absolute Gasteiger partial charge is 0.317 e. The van der Waals surface area contributed by atoms with Crippen molar-refractivity contribution in [1.29, 1.82) is 0 Å². The van der Waals surface area contributed by atoms with E-state index in [0.29, 0.717) is 6.54 Å². The van der Waals surface area contributed by atoms with Crippen LogP contribution >= 0.6 is 0 Å². The summed E-state index contributed by atoms with van der Waals surface area (Å²) in [6.07, 6.45) is 3.45. The lowest BCUT2D eigenvalue weighted by Gasteiger charge is -2.26. The molecule has 0 unspecified atom stereocenters. The van der Waals surface area contributed by atoms with E-state index in [1.165, 1.54) is 6.42 Å². The molecular formula is C14H18N2O3. The van der Waals surface area contributed by atoms with Gasteiger partial charge in [0.05, 0.1) is 0 Å². The summed E-state index contributed by atoms with van der Waals surface area (Å²) in [4.78, 5) is 13.8. The molecule has 2 aliphatic heterocycles. The van der Waals surface area contributed by atoms with E-state index in [0.717, 1.165) is 43.0 Å². The number of benzene rings is 1. The second-order valence-electron chi connectivity index (χ2n) is 4.89. The lowest BCUT2D eigenvalue weighted by Crippen LogP contribution is -2.42. The first-order valence-corrected chi connectivity index (χ1v) is 6.74. The number of carbonyl (C=O) groups excluding carboxylic acids is 1. The Morgan fingerprint density at radius 3 is 2.79 bits per heavy atom. The number of rotatable bonds is 2. The minimum Gasteiger partial charge on any atom is -0.454 e. The number of ether oxygens (including phenoxy) is 2. The van der Waals surface area contributed by atoms with Gasteiger partial charge in [-0.1, -0.05) is 6.07 Å². The van der Waals surface area contributed by atoms with Gasteiger partial charge in [-0.05, 0) is 37.0 Å². The number of carbonyl (C=O) groups is 1. The third-order valence-corrected chi connectivity index (χ3v) is 3.52. The first-order chi connectivity index (χ1) is 9.33. The summed E-state index contributed by atoms with van der Waals surface area (Å²) >= 11 is 0. The van der Waals surface area contributed by atoms with Gasteiger partial charge in [0.2, 0.25) is 6.79 Å². The van der Waals surface area contributed by atoms with Crippen molar-refractivity contribution in [2.24, 2.45) is 0 Å². The molecule has 2 heterocycles.